The quantitative estimate of drug-likeness (QED) is 0.863. The molecule has 0 spiro atoms. The number of hydrogen-bond acceptors (Lipinski definition) is 4. The molecule has 1 aliphatic carbocycles. The SMILES string of the molecule is CCOc1n[nH]c(-c2cc(C(=O)N3CCCCC3)c(C)cc2C2CCC2)n1. The van der Waals surface area contributed by atoms with Crippen molar-refractivity contribution in [1.82, 2.24) is 20.1 Å². The molecule has 1 aromatic heterocycles. The zero-order valence-electron chi connectivity index (χ0n) is 16.3. The number of carbonyl (C=O) groups is 1. The van der Waals surface area contributed by atoms with Gasteiger partial charge in [-0.25, -0.2) is 0 Å². The summed E-state index contributed by atoms with van der Waals surface area (Å²) in [5.41, 5.74) is 4.10. The lowest BCUT2D eigenvalue weighted by Gasteiger charge is -2.30. The number of benzene rings is 1. The molecular weight excluding hydrogens is 340 g/mol. The number of H-pyrrole nitrogens is 1. The van der Waals surface area contributed by atoms with Crippen LogP contribution < -0.4 is 4.74 Å². The number of rotatable bonds is 5. The van der Waals surface area contributed by atoms with Crippen LogP contribution in [0.4, 0.5) is 0 Å². The van der Waals surface area contributed by atoms with Crippen molar-refractivity contribution in [3.63, 3.8) is 0 Å². The summed E-state index contributed by atoms with van der Waals surface area (Å²) in [5.74, 6) is 1.37. The van der Waals surface area contributed by atoms with Crippen LogP contribution in [-0.4, -0.2) is 45.7 Å². The fourth-order valence-corrected chi connectivity index (χ4v) is 4.05. The minimum absolute atomic E-state index is 0.137. The minimum Gasteiger partial charge on any atom is -0.463 e. The molecule has 6 heteroatoms. The van der Waals surface area contributed by atoms with Gasteiger partial charge in [-0.05, 0) is 69.1 Å². The van der Waals surface area contributed by atoms with Crippen molar-refractivity contribution in [2.24, 2.45) is 0 Å². The molecule has 2 fully saturated rings. The Balaban J connectivity index is 1.73. The monoisotopic (exact) mass is 368 g/mol. The van der Waals surface area contributed by atoms with Crippen molar-refractivity contribution in [3.05, 3.63) is 28.8 Å². The van der Waals surface area contributed by atoms with Gasteiger partial charge in [0.2, 0.25) is 0 Å². The maximum Gasteiger partial charge on any atom is 0.335 e. The molecule has 27 heavy (non-hydrogen) atoms. The summed E-state index contributed by atoms with van der Waals surface area (Å²) in [6.45, 7) is 6.20. The number of carbonyl (C=O) groups excluding carboxylic acids is 1. The highest BCUT2D eigenvalue weighted by molar-refractivity contribution is 5.97. The molecule has 1 amide bonds. The maximum atomic E-state index is 13.1. The zero-order chi connectivity index (χ0) is 18.8. The molecule has 144 valence electrons. The molecule has 2 heterocycles. The first-order chi connectivity index (χ1) is 13.2. The highest BCUT2D eigenvalue weighted by Crippen LogP contribution is 2.42. The van der Waals surface area contributed by atoms with Crippen LogP contribution in [0.25, 0.3) is 11.4 Å². The van der Waals surface area contributed by atoms with Crippen molar-refractivity contribution in [2.45, 2.75) is 58.3 Å². The number of amides is 1. The standard InChI is InChI=1S/C21H28N4O2/c1-3-27-21-22-19(23-24-21)18-13-16(20(26)25-10-5-4-6-11-25)14(2)12-17(18)15-8-7-9-15/h12-13,15H,3-11H2,1-2H3,(H,22,23,24). The Hall–Kier alpha value is -2.37. The molecule has 0 atom stereocenters. The highest BCUT2D eigenvalue weighted by atomic mass is 16.5. The molecule has 0 bridgehead atoms. The Morgan fingerprint density at radius 3 is 2.67 bits per heavy atom. The van der Waals surface area contributed by atoms with Crippen LogP contribution >= 0.6 is 0 Å². The Kier molecular flexibility index (Phi) is 5.14. The van der Waals surface area contributed by atoms with E-state index in [-0.39, 0.29) is 5.91 Å². The van der Waals surface area contributed by atoms with Gasteiger partial charge in [-0.2, -0.15) is 4.98 Å². The van der Waals surface area contributed by atoms with E-state index in [0.717, 1.165) is 42.6 Å². The normalized spacial score (nSPS) is 17.6. The van der Waals surface area contributed by atoms with Crippen molar-refractivity contribution < 1.29 is 9.53 Å². The first-order valence-corrected chi connectivity index (χ1v) is 10.2. The van der Waals surface area contributed by atoms with Gasteiger partial charge < -0.3 is 9.64 Å². The first-order valence-electron chi connectivity index (χ1n) is 10.2. The lowest BCUT2D eigenvalue weighted by atomic mass is 9.77. The predicted molar refractivity (Wildman–Crippen MR) is 104 cm³/mol. The minimum atomic E-state index is 0.137. The van der Waals surface area contributed by atoms with Crippen LogP contribution in [0.1, 0.15) is 72.9 Å². The number of aromatic amines is 1. The van der Waals surface area contributed by atoms with Gasteiger partial charge in [-0.1, -0.05) is 12.5 Å². The summed E-state index contributed by atoms with van der Waals surface area (Å²) in [4.78, 5) is 19.6. The average molecular weight is 368 g/mol. The topological polar surface area (TPSA) is 71.1 Å². The highest BCUT2D eigenvalue weighted by Gasteiger charge is 2.27. The zero-order valence-corrected chi connectivity index (χ0v) is 16.3. The van der Waals surface area contributed by atoms with Gasteiger partial charge >= 0.3 is 6.01 Å². The second-order valence-corrected chi connectivity index (χ2v) is 7.63. The molecule has 6 nitrogen and oxygen atoms in total. The van der Waals surface area contributed by atoms with E-state index in [0.29, 0.717) is 24.4 Å². The van der Waals surface area contributed by atoms with Crippen LogP contribution in [0.3, 0.4) is 0 Å². The summed E-state index contributed by atoms with van der Waals surface area (Å²) < 4.78 is 5.42. The van der Waals surface area contributed by atoms with E-state index in [1.165, 1.54) is 31.2 Å². The fourth-order valence-electron chi connectivity index (χ4n) is 4.05. The first kappa shape index (κ1) is 18.0. The molecule has 4 rings (SSSR count). The number of nitrogens with zero attached hydrogens (tertiary/aromatic N) is 3. The third kappa shape index (κ3) is 3.57. The third-order valence-electron chi connectivity index (χ3n) is 5.81. The summed E-state index contributed by atoms with van der Waals surface area (Å²) in [7, 11) is 0. The summed E-state index contributed by atoms with van der Waals surface area (Å²) in [6.07, 6.45) is 7.05. The van der Waals surface area contributed by atoms with Gasteiger partial charge in [-0.3, -0.25) is 9.89 Å². The number of aryl methyl sites for hydroxylation is 1. The molecule has 1 aliphatic heterocycles. The van der Waals surface area contributed by atoms with Crippen LogP contribution in [-0.2, 0) is 0 Å². The molecule has 0 unspecified atom stereocenters. The second-order valence-electron chi connectivity index (χ2n) is 7.63. The van der Waals surface area contributed by atoms with E-state index in [9.17, 15) is 4.79 Å². The maximum absolute atomic E-state index is 13.1. The number of nitrogens with one attached hydrogen (secondary N) is 1. The van der Waals surface area contributed by atoms with E-state index in [4.69, 9.17) is 4.74 Å². The van der Waals surface area contributed by atoms with Gasteiger partial charge in [0.15, 0.2) is 5.82 Å². The van der Waals surface area contributed by atoms with Gasteiger partial charge in [-0.15, -0.1) is 5.10 Å². The largest absolute Gasteiger partial charge is 0.463 e. The molecule has 0 radical (unpaired) electrons. The summed E-state index contributed by atoms with van der Waals surface area (Å²) in [6, 6.07) is 4.58. The molecule has 2 aromatic rings. The van der Waals surface area contributed by atoms with Gasteiger partial charge in [0.1, 0.15) is 0 Å². The van der Waals surface area contributed by atoms with Crippen molar-refractivity contribution >= 4 is 5.91 Å². The molecule has 1 aromatic carbocycles. The van der Waals surface area contributed by atoms with Crippen molar-refractivity contribution in [3.8, 4) is 17.4 Å². The van der Waals surface area contributed by atoms with Gasteiger partial charge in [0.05, 0.1) is 6.61 Å². The van der Waals surface area contributed by atoms with Crippen LogP contribution in [0, 0.1) is 6.92 Å². The number of hydrogen-bond donors (Lipinski definition) is 1. The molecule has 1 N–H and O–H groups in total. The smallest absolute Gasteiger partial charge is 0.335 e. The van der Waals surface area contributed by atoms with E-state index in [1.807, 2.05) is 17.9 Å². The summed E-state index contributed by atoms with van der Waals surface area (Å²) >= 11 is 0. The number of aromatic nitrogens is 3. The van der Waals surface area contributed by atoms with Gasteiger partial charge in [0, 0.05) is 24.2 Å². The predicted octanol–water partition coefficient (Wildman–Crippen LogP) is 4.07. The molecule has 1 saturated heterocycles. The van der Waals surface area contributed by atoms with E-state index in [1.54, 1.807) is 0 Å². The van der Waals surface area contributed by atoms with Crippen LogP contribution in [0.2, 0.25) is 0 Å². The van der Waals surface area contributed by atoms with Crippen LogP contribution in [0.15, 0.2) is 12.1 Å². The number of ether oxygens (including phenoxy) is 1. The fraction of sp³-hybridized carbons (Fsp3) is 0.571. The molecular formula is C21H28N4O2. The number of piperidine rings is 1. The third-order valence-corrected chi connectivity index (χ3v) is 5.81. The van der Waals surface area contributed by atoms with E-state index in [2.05, 4.69) is 28.2 Å². The van der Waals surface area contributed by atoms with Gasteiger partial charge in [0.25, 0.3) is 5.91 Å². The second kappa shape index (κ2) is 7.71. The van der Waals surface area contributed by atoms with Crippen molar-refractivity contribution in [1.29, 1.82) is 0 Å². The Morgan fingerprint density at radius 2 is 2.00 bits per heavy atom. The Labute approximate surface area is 160 Å². The lowest BCUT2D eigenvalue weighted by Crippen LogP contribution is -2.36. The summed E-state index contributed by atoms with van der Waals surface area (Å²) in [5, 5.41) is 7.16. The van der Waals surface area contributed by atoms with Crippen molar-refractivity contribution in [2.75, 3.05) is 19.7 Å². The van der Waals surface area contributed by atoms with Crippen LogP contribution in [0.5, 0.6) is 6.01 Å². The number of likely N-dealkylation sites (tertiary alicyclic amines) is 1. The molecule has 1 saturated carbocycles. The van der Waals surface area contributed by atoms with E-state index >= 15 is 0 Å². The van der Waals surface area contributed by atoms with E-state index < -0.39 is 0 Å². The Bertz CT molecular complexity index is 820. The average Bonchev–Trinajstić information content (AvgIpc) is 3.09. The molecule has 2 aliphatic rings. The lowest BCUT2D eigenvalue weighted by molar-refractivity contribution is 0.0723. The Morgan fingerprint density at radius 1 is 1.22 bits per heavy atom.